The Hall–Kier alpha value is -2.14. The van der Waals surface area contributed by atoms with Gasteiger partial charge in [0.2, 0.25) is 0 Å². The molecule has 1 aromatic heterocycles. The highest BCUT2D eigenvalue weighted by molar-refractivity contribution is 6.30. The predicted octanol–water partition coefficient (Wildman–Crippen LogP) is 3.59. The van der Waals surface area contributed by atoms with Crippen LogP contribution in [0.5, 0.6) is 0 Å². The van der Waals surface area contributed by atoms with Gasteiger partial charge in [-0.1, -0.05) is 11.6 Å². The van der Waals surface area contributed by atoms with Crippen LogP contribution in [0.15, 0.2) is 45.8 Å². The molecule has 1 aromatic carbocycles. The summed E-state index contributed by atoms with van der Waals surface area (Å²) in [6, 6.07) is 9.64. The summed E-state index contributed by atoms with van der Waals surface area (Å²) in [5.41, 5.74) is 0.688. The van der Waals surface area contributed by atoms with E-state index >= 15 is 0 Å². The number of hydrogen-bond acceptors (Lipinski definition) is 4. The summed E-state index contributed by atoms with van der Waals surface area (Å²) in [5.74, 6) is 0.0224. The molecular weight excluding hydrogens is 244 g/mol. The molecule has 86 valence electrons. The lowest BCUT2D eigenvalue weighted by molar-refractivity contribution is -0.402. The Morgan fingerprint density at radius 2 is 1.94 bits per heavy atom. The van der Waals surface area contributed by atoms with Gasteiger partial charge in [0.25, 0.3) is 0 Å². The summed E-state index contributed by atoms with van der Waals surface area (Å²) in [4.78, 5) is 13.9. The molecule has 0 radical (unpaired) electrons. The van der Waals surface area contributed by atoms with Crippen LogP contribution in [0.2, 0.25) is 5.02 Å². The molecule has 5 nitrogen and oxygen atoms in total. The first-order valence-electron chi connectivity index (χ1n) is 4.69. The van der Waals surface area contributed by atoms with E-state index in [0.717, 1.165) is 0 Å². The van der Waals surface area contributed by atoms with Gasteiger partial charge in [-0.3, -0.25) is 15.1 Å². The molecule has 2 aromatic rings. The lowest BCUT2D eigenvalue weighted by atomic mass is 10.3. The summed E-state index contributed by atoms with van der Waals surface area (Å²) in [7, 11) is 0. The summed E-state index contributed by atoms with van der Waals surface area (Å²) in [6.45, 7) is 0. The van der Waals surface area contributed by atoms with E-state index in [0.29, 0.717) is 16.5 Å². The number of halogens is 1. The molecule has 0 N–H and O–H groups in total. The summed E-state index contributed by atoms with van der Waals surface area (Å²) in [5, 5.41) is 11.0. The summed E-state index contributed by atoms with van der Waals surface area (Å²) >= 11 is 5.72. The zero-order valence-electron chi connectivity index (χ0n) is 8.54. The Morgan fingerprint density at radius 1 is 1.24 bits per heavy atom. The third kappa shape index (κ3) is 2.92. The average Bonchev–Trinajstić information content (AvgIpc) is 2.77. The Morgan fingerprint density at radius 3 is 2.53 bits per heavy atom. The van der Waals surface area contributed by atoms with Gasteiger partial charge in [0.05, 0.1) is 18.0 Å². The van der Waals surface area contributed by atoms with Crippen molar-refractivity contribution < 1.29 is 9.34 Å². The van der Waals surface area contributed by atoms with Gasteiger partial charge < -0.3 is 4.42 Å². The van der Waals surface area contributed by atoms with Gasteiger partial charge in [-0.2, -0.15) is 0 Å². The van der Waals surface area contributed by atoms with E-state index in [9.17, 15) is 10.1 Å². The van der Waals surface area contributed by atoms with Crippen molar-refractivity contribution in [3.63, 3.8) is 0 Å². The molecule has 0 aliphatic carbocycles. The zero-order chi connectivity index (χ0) is 12.3. The van der Waals surface area contributed by atoms with Gasteiger partial charge in [-0.05, 0) is 30.3 Å². The maximum absolute atomic E-state index is 10.4. The average molecular weight is 251 g/mol. The highest BCUT2D eigenvalue weighted by Crippen LogP contribution is 2.18. The third-order valence-corrected chi connectivity index (χ3v) is 2.21. The second kappa shape index (κ2) is 4.80. The fourth-order valence-corrected chi connectivity index (χ4v) is 1.30. The first-order chi connectivity index (χ1) is 8.15. The highest BCUT2D eigenvalue weighted by atomic mass is 35.5. The fraction of sp³-hybridized carbons (Fsp3) is 0. The van der Waals surface area contributed by atoms with E-state index in [1.54, 1.807) is 24.3 Å². The van der Waals surface area contributed by atoms with Crippen molar-refractivity contribution >= 4 is 29.4 Å². The fourth-order valence-electron chi connectivity index (χ4n) is 1.18. The minimum atomic E-state index is -0.598. The van der Waals surface area contributed by atoms with E-state index in [-0.39, 0.29) is 5.88 Å². The van der Waals surface area contributed by atoms with Gasteiger partial charge in [0.1, 0.15) is 4.92 Å². The number of nitrogens with zero attached hydrogens (tertiary/aromatic N) is 2. The van der Waals surface area contributed by atoms with Crippen molar-refractivity contribution in [3.05, 3.63) is 57.3 Å². The maximum atomic E-state index is 10.4. The predicted molar refractivity (Wildman–Crippen MR) is 64.1 cm³/mol. The first kappa shape index (κ1) is 11.3. The molecule has 0 unspecified atom stereocenters. The molecule has 2 rings (SSSR count). The number of furan rings is 1. The largest absolute Gasteiger partial charge is 0.433 e. The van der Waals surface area contributed by atoms with Gasteiger partial charge >= 0.3 is 5.88 Å². The molecule has 0 amide bonds. The van der Waals surface area contributed by atoms with Crippen LogP contribution in [0, 0.1) is 10.1 Å². The van der Waals surface area contributed by atoms with Crippen molar-refractivity contribution in [1.82, 2.24) is 0 Å². The van der Waals surface area contributed by atoms with E-state index in [4.69, 9.17) is 16.0 Å². The molecule has 0 saturated carbocycles. The standard InChI is InChI=1S/C11H7ClN2O3/c12-8-1-3-9(4-2-8)13-7-10-5-6-11(17-10)14(15)16/h1-7H. The van der Waals surface area contributed by atoms with Crippen molar-refractivity contribution in [1.29, 1.82) is 0 Å². The smallest absolute Gasteiger partial charge is 0.400 e. The van der Waals surface area contributed by atoms with Gasteiger partial charge in [0, 0.05) is 5.02 Å². The van der Waals surface area contributed by atoms with Crippen molar-refractivity contribution in [2.75, 3.05) is 0 Å². The second-order valence-corrected chi connectivity index (χ2v) is 3.60. The van der Waals surface area contributed by atoms with E-state index < -0.39 is 4.92 Å². The molecule has 0 fully saturated rings. The quantitative estimate of drug-likeness (QED) is 0.475. The van der Waals surface area contributed by atoms with Crippen LogP contribution in [0.4, 0.5) is 11.6 Å². The van der Waals surface area contributed by atoms with Crippen molar-refractivity contribution in [2.45, 2.75) is 0 Å². The SMILES string of the molecule is O=[N+]([O-])c1ccc(C=Nc2ccc(Cl)cc2)o1. The molecule has 0 aliphatic rings. The van der Waals surface area contributed by atoms with Crippen LogP contribution in [0.25, 0.3) is 0 Å². The van der Waals surface area contributed by atoms with Crippen LogP contribution < -0.4 is 0 Å². The monoisotopic (exact) mass is 250 g/mol. The van der Waals surface area contributed by atoms with E-state index in [1.807, 2.05) is 0 Å². The lowest BCUT2D eigenvalue weighted by Crippen LogP contribution is -1.83. The maximum Gasteiger partial charge on any atom is 0.433 e. The summed E-state index contributed by atoms with van der Waals surface area (Å²) in [6.07, 6.45) is 1.41. The first-order valence-corrected chi connectivity index (χ1v) is 5.07. The van der Waals surface area contributed by atoms with Crippen molar-refractivity contribution in [2.24, 2.45) is 4.99 Å². The molecule has 0 bridgehead atoms. The number of aliphatic imine (C=N–C) groups is 1. The second-order valence-electron chi connectivity index (χ2n) is 3.17. The van der Waals surface area contributed by atoms with Crippen LogP contribution in [-0.4, -0.2) is 11.1 Å². The molecule has 6 heteroatoms. The molecule has 0 atom stereocenters. The Bertz CT molecular complexity index is 560. The topological polar surface area (TPSA) is 68.6 Å². The normalized spacial score (nSPS) is 10.9. The van der Waals surface area contributed by atoms with Crippen LogP contribution in [0.3, 0.4) is 0 Å². The minimum absolute atomic E-state index is 0.303. The van der Waals surface area contributed by atoms with E-state index in [1.165, 1.54) is 18.3 Å². The highest BCUT2D eigenvalue weighted by Gasteiger charge is 2.09. The molecule has 0 spiro atoms. The Labute approximate surface area is 101 Å². The third-order valence-electron chi connectivity index (χ3n) is 1.96. The van der Waals surface area contributed by atoms with Gasteiger partial charge in [-0.25, -0.2) is 0 Å². The Balaban J connectivity index is 2.14. The lowest BCUT2D eigenvalue weighted by Gasteiger charge is -1.92. The minimum Gasteiger partial charge on any atom is -0.400 e. The molecule has 17 heavy (non-hydrogen) atoms. The number of rotatable bonds is 3. The molecule has 0 aliphatic heterocycles. The number of nitro groups is 1. The van der Waals surface area contributed by atoms with E-state index in [2.05, 4.69) is 4.99 Å². The molecular formula is C11H7ClN2O3. The number of hydrogen-bond donors (Lipinski definition) is 0. The van der Waals surface area contributed by atoms with Gasteiger partial charge in [-0.15, -0.1) is 0 Å². The van der Waals surface area contributed by atoms with Crippen LogP contribution in [-0.2, 0) is 0 Å². The van der Waals surface area contributed by atoms with Crippen LogP contribution >= 0.6 is 11.6 Å². The van der Waals surface area contributed by atoms with Gasteiger partial charge in [0.15, 0.2) is 5.76 Å². The van der Waals surface area contributed by atoms with Crippen molar-refractivity contribution in [3.8, 4) is 0 Å². The summed E-state index contributed by atoms with van der Waals surface area (Å²) < 4.78 is 4.92. The number of benzene rings is 1. The zero-order valence-corrected chi connectivity index (χ0v) is 9.29. The molecule has 0 saturated heterocycles. The molecule has 1 heterocycles. The van der Waals surface area contributed by atoms with Crippen LogP contribution in [0.1, 0.15) is 5.76 Å². The Kier molecular flexibility index (Phi) is 3.20.